The molecule has 0 saturated carbocycles. The molecule has 2 unspecified atom stereocenters. The monoisotopic (exact) mass is 373 g/mol. The Kier molecular flexibility index (Phi) is 4.07. The molecular weight excluding hydrogens is 357 g/mol. The van der Waals surface area contributed by atoms with Crippen molar-refractivity contribution in [2.75, 3.05) is 4.90 Å². The van der Waals surface area contributed by atoms with Crippen molar-refractivity contribution in [3.63, 3.8) is 0 Å². The molecular formula is C18H16FN3O3S. The Morgan fingerprint density at radius 2 is 2.04 bits per heavy atom. The number of halogens is 1. The summed E-state index contributed by atoms with van der Waals surface area (Å²) in [6.45, 7) is 3.82. The number of hydrogen-bond acceptors (Lipinski definition) is 5. The highest BCUT2D eigenvalue weighted by Gasteiger charge is 2.48. The van der Waals surface area contributed by atoms with E-state index in [1.165, 1.54) is 30.0 Å². The van der Waals surface area contributed by atoms with Crippen LogP contribution in [0, 0.1) is 19.7 Å². The molecule has 4 rings (SSSR count). The Labute approximate surface area is 153 Å². The van der Waals surface area contributed by atoms with Crippen LogP contribution >= 0.6 is 11.8 Å². The lowest BCUT2D eigenvalue weighted by Crippen LogP contribution is -2.62. The number of benzene rings is 1. The predicted octanol–water partition coefficient (Wildman–Crippen LogP) is 3.40. The van der Waals surface area contributed by atoms with Crippen molar-refractivity contribution in [3.05, 3.63) is 58.6 Å². The van der Waals surface area contributed by atoms with Gasteiger partial charge in [0.15, 0.2) is 0 Å². The molecule has 2 atom stereocenters. The Morgan fingerprint density at radius 3 is 2.73 bits per heavy atom. The predicted molar refractivity (Wildman–Crippen MR) is 95.1 cm³/mol. The maximum Gasteiger partial charge on any atom is 0.332 e. The van der Waals surface area contributed by atoms with Crippen molar-refractivity contribution < 1.29 is 18.5 Å². The van der Waals surface area contributed by atoms with Crippen molar-refractivity contribution in [1.82, 2.24) is 10.1 Å². The van der Waals surface area contributed by atoms with Gasteiger partial charge in [0.1, 0.15) is 16.8 Å². The van der Waals surface area contributed by atoms with Gasteiger partial charge in [-0.15, -0.1) is 11.8 Å². The minimum Gasteiger partial charge on any atom is -0.361 e. The van der Waals surface area contributed by atoms with Crippen molar-refractivity contribution in [2.24, 2.45) is 0 Å². The second-order valence-electron chi connectivity index (χ2n) is 6.21. The van der Waals surface area contributed by atoms with Crippen LogP contribution in [0.1, 0.15) is 17.0 Å². The van der Waals surface area contributed by atoms with Gasteiger partial charge in [-0.1, -0.05) is 23.4 Å². The van der Waals surface area contributed by atoms with Crippen molar-refractivity contribution in [1.29, 1.82) is 0 Å². The summed E-state index contributed by atoms with van der Waals surface area (Å²) < 4.78 is 19.5. The number of aryl methyl sites for hydroxylation is 2. The van der Waals surface area contributed by atoms with Gasteiger partial charge in [-0.25, -0.2) is 14.1 Å². The summed E-state index contributed by atoms with van der Waals surface area (Å²) in [6, 6.07) is 4.87. The van der Waals surface area contributed by atoms with Gasteiger partial charge in [0.25, 0.3) is 5.91 Å². The molecule has 0 spiro atoms. The quantitative estimate of drug-likeness (QED) is 0.825. The molecule has 134 valence electrons. The van der Waals surface area contributed by atoms with Gasteiger partial charge in [0, 0.05) is 5.56 Å². The van der Waals surface area contributed by atoms with Crippen LogP contribution in [0.4, 0.5) is 14.9 Å². The zero-order valence-electron chi connectivity index (χ0n) is 14.2. The summed E-state index contributed by atoms with van der Waals surface area (Å²) in [4.78, 5) is 28.5. The van der Waals surface area contributed by atoms with Crippen molar-refractivity contribution in [3.8, 4) is 0 Å². The average Bonchev–Trinajstić information content (AvgIpc) is 3.22. The van der Waals surface area contributed by atoms with Crippen LogP contribution in [0.15, 0.2) is 40.3 Å². The van der Waals surface area contributed by atoms with Crippen LogP contribution in [-0.2, 0) is 11.3 Å². The second kappa shape index (κ2) is 6.28. The molecule has 1 saturated heterocycles. The highest BCUT2D eigenvalue weighted by atomic mass is 32.2. The van der Waals surface area contributed by atoms with E-state index in [0.29, 0.717) is 11.5 Å². The fourth-order valence-corrected chi connectivity index (χ4v) is 4.31. The number of amides is 3. The molecule has 3 amide bonds. The highest BCUT2D eigenvalue weighted by Crippen LogP contribution is 2.38. The Balaban J connectivity index is 1.75. The summed E-state index contributed by atoms with van der Waals surface area (Å²) in [5, 5.41) is 5.24. The summed E-state index contributed by atoms with van der Waals surface area (Å²) >= 11 is 1.34. The molecule has 1 aromatic heterocycles. The van der Waals surface area contributed by atoms with Gasteiger partial charge >= 0.3 is 6.03 Å². The fraction of sp³-hybridized carbons (Fsp3) is 0.278. The number of carbonyl (C=O) groups excluding carboxylic acids is 2. The molecule has 0 radical (unpaired) electrons. The third kappa shape index (κ3) is 2.52. The number of fused-ring (bicyclic) bond motifs is 1. The standard InChI is InChI=1S/C18H16FN3O3S/c1-10-12(11(2)25-20-10)9-21-15-7-8-26-16(15)17(23)22(18(21)24)14-6-4-3-5-13(14)19/h3-8,15-16H,9H2,1-2H3. The molecule has 26 heavy (non-hydrogen) atoms. The van der Waals surface area contributed by atoms with Gasteiger partial charge in [0.2, 0.25) is 0 Å². The van der Waals surface area contributed by atoms with E-state index < -0.39 is 23.0 Å². The van der Waals surface area contributed by atoms with Crippen LogP contribution in [0.5, 0.6) is 0 Å². The number of rotatable bonds is 3. The summed E-state index contributed by atoms with van der Waals surface area (Å²) in [7, 11) is 0. The SMILES string of the molecule is Cc1noc(C)c1CN1C(=O)N(c2ccccc2F)C(=O)C2SC=CC21. The number of anilines is 1. The largest absolute Gasteiger partial charge is 0.361 e. The summed E-state index contributed by atoms with van der Waals surface area (Å²) in [5.41, 5.74) is 1.46. The van der Waals surface area contributed by atoms with Gasteiger partial charge in [-0.05, 0) is 31.4 Å². The summed E-state index contributed by atoms with van der Waals surface area (Å²) in [5.74, 6) is -0.396. The zero-order valence-corrected chi connectivity index (χ0v) is 15.0. The van der Waals surface area contributed by atoms with Crippen molar-refractivity contribution in [2.45, 2.75) is 31.7 Å². The Bertz CT molecular complexity index is 907. The van der Waals surface area contributed by atoms with Gasteiger partial charge in [-0.3, -0.25) is 4.79 Å². The minimum atomic E-state index is -0.610. The van der Waals surface area contributed by atoms with Crippen LogP contribution < -0.4 is 4.90 Å². The highest BCUT2D eigenvalue weighted by molar-refractivity contribution is 8.03. The van der Waals surface area contributed by atoms with Crippen LogP contribution in [0.25, 0.3) is 0 Å². The van der Waals surface area contributed by atoms with Crippen LogP contribution in [0.3, 0.4) is 0 Å². The van der Waals surface area contributed by atoms with Gasteiger partial charge in [-0.2, -0.15) is 0 Å². The Hall–Kier alpha value is -2.61. The number of nitrogens with zero attached hydrogens (tertiary/aromatic N) is 3. The third-order valence-electron chi connectivity index (χ3n) is 4.67. The zero-order chi connectivity index (χ0) is 18.4. The molecule has 0 bridgehead atoms. The second-order valence-corrected chi connectivity index (χ2v) is 7.27. The molecule has 1 fully saturated rings. The topological polar surface area (TPSA) is 66.7 Å². The molecule has 0 aliphatic carbocycles. The summed E-state index contributed by atoms with van der Waals surface area (Å²) in [6.07, 6.45) is 1.84. The number of imide groups is 1. The van der Waals surface area contributed by atoms with E-state index in [1.807, 2.05) is 11.5 Å². The first-order valence-corrected chi connectivity index (χ1v) is 9.06. The van der Waals surface area contributed by atoms with E-state index >= 15 is 0 Å². The first kappa shape index (κ1) is 16.8. The first-order chi connectivity index (χ1) is 12.5. The number of aromatic nitrogens is 1. The number of urea groups is 1. The molecule has 2 aromatic rings. The van der Waals surface area contributed by atoms with E-state index in [2.05, 4.69) is 5.16 Å². The number of thioether (sulfide) groups is 1. The first-order valence-electron chi connectivity index (χ1n) is 8.12. The van der Waals surface area contributed by atoms with Gasteiger partial charge < -0.3 is 9.42 Å². The van der Waals surface area contributed by atoms with E-state index in [1.54, 1.807) is 24.8 Å². The molecule has 8 heteroatoms. The fourth-order valence-electron chi connectivity index (χ4n) is 3.27. The van der Waals surface area contributed by atoms with E-state index in [9.17, 15) is 14.0 Å². The minimum absolute atomic E-state index is 0.0304. The molecule has 1 aromatic carbocycles. The lowest BCUT2D eigenvalue weighted by Gasteiger charge is -2.41. The molecule has 2 aliphatic heterocycles. The average molecular weight is 373 g/mol. The van der Waals surface area contributed by atoms with Crippen LogP contribution in [-0.4, -0.2) is 33.3 Å². The number of carbonyl (C=O) groups is 2. The molecule has 6 nitrogen and oxygen atoms in total. The molecule has 3 heterocycles. The molecule has 2 aliphatic rings. The maximum absolute atomic E-state index is 14.3. The third-order valence-corrected chi connectivity index (χ3v) is 5.76. The number of para-hydroxylation sites is 1. The molecule has 0 N–H and O–H groups in total. The van der Waals surface area contributed by atoms with Gasteiger partial charge in [0.05, 0.1) is 24.0 Å². The lowest BCUT2D eigenvalue weighted by atomic mass is 10.1. The smallest absolute Gasteiger partial charge is 0.332 e. The van der Waals surface area contributed by atoms with E-state index in [-0.39, 0.29) is 18.3 Å². The number of hydrogen-bond donors (Lipinski definition) is 0. The van der Waals surface area contributed by atoms with E-state index in [4.69, 9.17) is 4.52 Å². The van der Waals surface area contributed by atoms with Crippen molar-refractivity contribution >= 4 is 29.4 Å². The van der Waals surface area contributed by atoms with E-state index in [0.717, 1.165) is 10.5 Å². The maximum atomic E-state index is 14.3. The van der Waals surface area contributed by atoms with Crippen LogP contribution in [0.2, 0.25) is 0 Å². The normalized spacial score (nSPS) is 22.3. The Morgan fingerprint density at radius 1 is 1.27 bits per heavy atom. The lowest BCUT2D eigenvalue weighted by molar-refractivity contribution is -0.119.